The van der Waals surface area contributed by atoms with E-state index in [0.29, 0.717) is 12.3 Å². The molecule has 2 rings (SSSR count). The van der Waals surface area contributed by atoms with Gasteiger partial charge in [0, 0.05) is 58.0 Å². The van der Waals surface area contributed by atoms with Gasteiger partial charge in [0.2, 0.25) is 5.91 Å². The number of aromatic nitrogens is 2. The van der Waals surface area contributed by atoms with Crippen LogP contribution in [0.5, 0.6) is 0 Å². The fourth-order valence-electron chi connectivity index (χ4n) is 1.80. The highest BCUT2D eigenvalue weighted by molar-refractivity contribution is 5.75. The van der Waals surface area contributed by atoms with Gasteiger partial charge in [0.1, 0.15) is 0 Å². The highest BCUT2D eigenvalue weighted by Crippen LogP contribution is 2.19. The number of imidazole rings is 1. The number of nitrogens with one attached hydrogen (secondary N) is 1. The smallest absolute Gasteiger partial charge is 0.223 e. The first-order valence-corrected chi connectivity index (χ1v) is 5.59. The van der Waals surface area contributed by atoms with Crippen LogP contribution in [-0.2, 0) is 11.3 Å². The molecule has 0 bridgehead atoms. The minimum absolute atomic E-state index is 0.159. The maximum atomic E-state index is 11.5. The van der Waals surface area contributed by atoms with E-state index in [2.05, 4.69) is 14.9 Å². The second kappa shape index (κ2) is 4.65. The average Bonchev–Trinajstić information content (AvgIpc) is 2.59. The van der Waals surface area contributed by atoms with E-state index < -0.39 is 0 Å². The lowest BCUT2D eigenvalue weighted by molar-refractivity contribution is -0.128. The molecule has 0 spiro atoms. The molecule has 1 aliphatic heterocycles. The first kappa shape index (κ1) is 11.1. The SMILES string of the molecule is CN(C)C(=O)CCn1cncc1C1CNC1. The molecule has 1 fully saturated rings. The number of aryl methyl sites for hydroxylation is 1. The zero-order valence-electron chi connectivity index (χ0n) is 9.81. The minimum atomic E-state index is 0.159. The van der Waals surface area contributed by atoms with Gasteiger partial charge in [-0.3, -0.25) is 4.79 Å². The van der Waals surface area contributed by atoms with Crippen molar-refractivity contribution >= 4 is 5.91 Å². The topological polar surface area (TPSA) is 50.2 Å². The number of carbonyl (C=O) groups is 1. The molecule has 1 aromatic heterocycles. The van der Waals surface area contributed by atoms with E-state index >= 15 is 0 Å². The average molecular weight is 222 g/mol. The van der Waals surface area contributed by atoms with E-state index in [9.17, 15) is 4.79 Å². The second-order valence-corrected chi connectivity index (χ2v) is 4.41. The number of hydrogen-bond acceptors (Lipinski definition) is 3. The van der Waals surface area contributed by atoms with Crippen LogP contribution in [0, 0.1) is 0 Å². The molecule has 0 aliphatic carbocycles. The molecular formula is C11H18N4O. The highest BCUT2D eigenvalue weighted by Gasteiger charge is 2.22. The van der Waals surface area contributed by atoms with Crippen LogP contribution in [0.25, 0.3) is 0 Å². The summed E-state index contributed by atoms with van der Waals surface area (Å²) in [6.07, 6.45) is 4.26. The summed E-state index contributed by atoms with van der Waals surface area (Å²) >= 11 is 0. The Balaban J connectivity index is 1.93. The van der Waals surface area contributed by atoms with Crippen LogP contribution in [0.15, 0.2) is 12.5 Å². The first-order chi connectivity index (χ1) is 7.68. The van der Waals surface area contributed by atoms with Crippen molar-refractivity contribution in [3.05, 3.63) is 18.2 Å². The lowest BCUT2D eigenvalue weighted by Crippen LogP contribution is -2.41. The van der Waals surface area contributed by atoms with Gasteiger partial charge in [-0.05, 0) is 0 Å². The summed E-state index contributed by atoms with van der Waals surface area (Å²) in [5.74, 6) is 0.725. The zero-order chi connectivity index (χ0) is 11.5. The molecule has 2 heterocycles. The Hall–Kier alpha value is -1.36. The maximum absolute atomic E-state index is 11.5. The third-order valence-electron chi connectivity index (χ3n) is 3.01. The van der Waals surface area contributed by atoms with Crippen LogP contribution >= 0.6 is 0 Å². The Morgan fingerprint density at radius 2 is 2.38 bits per heavy atom. The molecule has 0 unspecified atom stereocenters. The van der Waals surface area contributed by atoms with Crippen LogP contribution in [0.2, 0.25) is 0 Å². The lowest BCUT2D eigenvalue weighted by Gasteiger charge is -2.27. The van der Waals surface area contributed by atoms with E-state index in [0.717, 1.165) is 19.6 Å². The van der Waals surface area contributed by atoms with Gasteiger partial charge in [-0.2, -0.15) is 0 Å². The lowest BCUT2D eigenvalue weighted by atomic mass is 10.00. The van der Waals surface area contributed by atoms with Crippen LogP contribution < -0.4 is 5.32 Å². The van der Waals surface area contributed by atoms with Crippen molar-refractivity contribution in [1.29, 1.82) is 0 Å². The van der Waals surface area contributed by atoms with Gasteiger partial charge < -0.3 is 14.8 Å². The third-order valence-corrected chi connectivity index (χ3v) is 3.01. The quantitative estimate of drug-likeness (QED) is 0.783. The number of rotatable bonds is 4. The zero-order valence-corrected chi connectivity index (χ0v) is 9.81. The maximum Gasteiger partial charge on any atom is 0.223 e. The summed E-state index contributed by atoms with van der Waals surface area (Å²) in [5, 5.41) is 3.24. The first-order valence-electron chi connectivity index (χ1n) is 5.59. The van der Waals surface area contributed by atoms with Gasteiger partial charge in [0.25, 0.3) is 0 Å². The van der Waals surface area contributed by atoms with Crippen molar-refractivity contribution in [3.63, 3.8) is 0 Å². The molecule has 1 amide bonds. The van der Waals surface area contributed by atoms with Crippen molar-refractivity contribution in [3.8, 4) is 0 Å². The van der Waals surface area contributed by atoms with E-state index in [-0.39, 0.29) is 5.91 Å². The fraction of sp³-hybridized carbons (Fsp3) is 0.636. The van der Waals surface area contributed by atoms with Gasteiger partial charge in [0.15, 0.2) is 0 Å². The number of carbonyl (C=O) groups excluding carboxylic acids is 1. The number of nitrogens with zero attached hydrogens (tertiary/aromatic N) is 3. The molecule has 88 valence electrons. The van der Waals surface area contributed by atoms with Crippen molar-refractivity contribution in [2.75, 3.05) is 27.2 Å². The summed E-state index contributed by atoms with van der Waals surface area (Å²) in [5.41, 5.74) is 1.24. The Labute approximate surface area is 95.5 Å². The summed E-state index contributed by atoms with van der Waals surface area (Å²) in [6, 6.07) is 0. The number of amides is 1. The molecule has 1 aromatic rings. The fourth-order valence-corrected chi connectivity index (χ4v) is 1.80. The largest absolute Gasteiger partial charge is 0.349 e. The Morgan fingerprint density at radius 1 is 1.62 bits per heavy atom. The van der Waals surface area contributed by atoms with Crippen LogP contribution in [0.1, 0.15) is 18.0 Å². The van der Waals surface area contributed by atoms with Gasteiger partial charge in [-0.1, -0.05) is 0 Å². The van der Waals surface area contributed by atoms with Crippen LogP contribution in [-0.4, -0.2) is 47.5 Å². The Bertz CT molecular complexity index is 368. The molecule has 16 heavy (non-hydrogen) atoms. The molecule has 1 aliphatic rings. The van der Waals surface area contributed by atoms with Crippen molar-refractivity contribution < 1.29 is 4.79 Å². The van der Waals surface area contributed by atoms with Crippen LogP contribution in [0.3, 0.4) is 0 Å². The Morgan fingerprint density at radius 3 is 2.94 bits per heavy atom. The molecule has 1 saturated heterocycles. The molecule has 0 radical (unpaired) electrons. The van der Waals surface area contributed by atoms with Gasteiger partial charge in [-0.15, -0.1) is 0 Å². The predicted molar refractivity (Wildman–Crippen MR) is 61.1 cm³/mol. The van der Waals surface area contributed by atoms with Crippen LogP contribution in [0.4, 0.5) is 0 Å². The van der Waals surface area contributed by atoms with Gasteiger partial charge >= 0.3 is 0 Å². The van der Waals surface area contributed by atoms with E-state index in [4.69, 9.17) is 0 Å². The van der Waals surface area contributed by atoms with Gasteiger partial charge in [-0.25, -0.2) is 4.98 Å². The monoisotopic (exact) mass is 222 g/mol. The predicted octanol–water partition coefficient (Wildman–Crippen LogP) is 0.0482. The highest BCUT2D eigenvalue weighted by atomic mass is 16.2. The normalized spacial score (nSPS) is 15.9. The summed E-state index contributed by atoms with van der Waals surface area (Å²) in [6.45, 7) is 2.77. The van der Waals surface area contributed by atoms with Crippen molar-refractivity contribution in [2.45, 2.75) is 18.9 Å². The molecule has 0 atom stereocenters. The Kier molecular flexibility index (Phi) is 3.24. The van der Waals surface area contributed by atoms with Crippen molar-refractivity contribution in [2.24, 2.45) is 0 Å². The minimum Gasteiger partial charge on any atom is -0.349 e. The third kappa shape index (κ3) is 2.24. The van der Waals surface area contributed by atoms with Crippen molar-refractivity contribution in [1.82, 2.24) is 19.8 Å². The van der Waals surface area contributed by atoms with E-state index in [1.807, 2.05) is 12.5 Å². The standard InChI is InChI=1S/C11H18N4O/c1-14(2)11(16)3-4-15-8-13-7-10(15)9-5-12-6-9/h7-9,12H,3-6H2,1-2H3. The second-order valence-electron chi connectivity index (χ2n) is 4.41. The summed E-state index contributed by atoms with van der Waals surface area (Å²) < 4.78 is 2.09. The number of hydrogen-bond donors (Lipinski definition) is 1. The molecule has 1 N–H and O–H groups in total. The summed E-state index contributed by atoms with van der Waals surface area (Å²) in [4.78, 5) is 17.3. The molecule has 5 heteroatoms. The molecule has 0 saturated carbocycles. The molecular weight excluding hydrogens is 204 g/mol. The van der Waals surface area contributed by atoms with Gasteiger partial charge in [0.05, 0.1) is 6.33 Å². The molecule has 0 aromatic carbocycles. The van der Waals surface area contributed by atoms with E-state index in [1.54, 1.807) is 19.0 Å². The summed E-state index contributed by atoms with van der Waals surface area (Å²) in [7, 11) is 3.57. The molecule has 5 nitrogen and oxygen atoms in total. The van der Waals surface area contributed by atoms with E-state index in [1.165, 1.54) is 5.69 Å².